The second kappa shape index (κ2) is 10.4. The fourth-order valence-electron chi connectivity index (χ4n) is 2.70. The summed E-state index contributed by atoms with van der Waals surface area (Å²) in [5.41, 5.74) is 0.835. The van der Waals surface area contributed by atoms with Gasteiger partial charge in [-0.3, -0.25) is 0 Å². The van der Waals surface area contributed by atoms with E-state index in [9.17, 15) is 5.11 Å². The Morgan fingerprint density at radius 2 is 1.77 bits per heavy atom. The van der Waals surface area contributed by atoms with Crippen LogP contribution in [0.15, 0.2) is 60.9 Å². The van der Waals surface area contributed by atoms with E-state index in [1.807, 2.05) is 61.5 Å². The van der Waals surface area contributed by atoms with Crippen molar-refractivity contribution >= 4 is 11.5 Å². The van der Waals surface area contributed by atoms with Crippen molar-refractivity contribution in [3.05, 3.63) is 60.9 Å². The summed E-state index contributed by atoms with van der Waals surface area (Å²) in [4.78, 5) is 10.3. The number of hydrogen-bond donors (Lipinski definition) is 2. The highest BCUT2D eigenvalue weighted by Gasteiger charge is 2.07. The number of methoxy groups -OCH3 is 1. The van der Waals surface area contributed by atoms with Gasteiger partial charge in [0.25, 0.3) is 0 Å². The molecule has 2 aromatic carbocycles. The smallest absolute Gasteiger partial charge is 0.224 e. The Hall–Kier alpha value is -3.36. The van der Waals surface area contributed by atoms with E-state index in [1.165, 1.54) is 6.33 Å². The van der Waals surface area contributed by atoms with Crippen molar-refractivity contribution in [1.29, 1.82) is 0 Å². The fraction of sp³-hybridized carbons (Fsp3) is 0.273. The van der Waals surface area contributed by atoms with E-state index in [4.69, 9.17) is 14.2 Å². The van der Waals surface area contributed by atoms with Crippen LogP contribution in [0.5, 0.6) is 23.1 Å². The molecule has 1 aromatic heterocycles. The Balaban J connectivity index is 1.58. The Bertz CT molecular complexity index is 934. The third-order valence-electron chi connectivity index (χ3n) is 4.05. The van der Waals surface area contributed by atoms with Crippen molar-refractivity contribution in [3.8, 4) is 23.1 Å². The van der Waals surface area contributed by atoms with E-state index < -0.39 is 6.10 Å². The number of nitrogens with zero attached hydrogens (tertiary/aromatic N) is 3. The minimum atomic E-state index is -0.540. The zero-order valence-electron chi connectivity index (χ0n) is 17.3. The number of aliphatic hydroxyl groups excluding tert-OH is 1. The van der Waals surface area contributed by atoms with E-state index in [1.54, 1.807) is 19.2 Å². The van der Waals surface area contributed by atoms with E-state index in [2.05, 4.69) is 15.3 Å². The molecule has 0 bridgehead atoms. The van der Waals surface area contributed by atoms with Gasteiger partial charge in [0, 0.05) is 24.4 Å². The molecule has 8 heteroatoms. The van der Waals surface area contributed by atoms with Gasteiger partial charge in [-0.25, -0.2) is 9.97 Å². The highest BCUT2D eigenvalue weighted by molar-refractivity contribution is 5.57. The van der Waals surface area contributed by atoms with Crippen LogP contribution in [0.1, 0.15) is 0 Å². The van der Waals surface area contributed by atoms with Gasteiger partial charge in [-0.15, -0.1) is 0 Å². The molecule has 3 aromatic rings. The van der Waals surface area contributed by atoms with Crippen LogP contribution in [0.25, 0.3) is 0 Å². The average molecular weight is 410 g/mol. The highest BCUT2D eigenvalue weighted by atomic mass is 16.5. The Labute approximate surface area is 176 Å². The van der Waals surface area contributed by atoms with Gasteiger partial charge in [0.2, 0.25) is 5.88 Å². The Morgan fingerprint density at radius 1 is 1.00 bits per heavy atom. The number of aromatic nitrogens is 2. The molecule has 0 saturated carbocycles. The van der Waals surface area contributed by atoms with Crippen LogP contribution in [0.2, 0.25) is 0 Å². The first kappa shape index (κ1) is 21.4. The largest absolute Gasteiger partial charge is 0.497 e. The number of aliphatic hydroxyl groups is 1. The predicted molar refractivity (Wildman–Crippen MR) is 115 cm³/mol. The van der Waals surface area contributed by atoms with Gasteiger partial charge in [-0.1, -0.05) is 6.07 Å². The molecule has 0 aliphatic carbocycles. The van der Waals surface area contributed by atoms with Gasteiger partial charge in [-0.2, -0.15) is 0 Å². The maximum atomic E-state index is 9.88. The van der Waals surface area contributed by atoms with Crippen LogP contribution in [-0.2, 0) is 0 Å². The molecule has 0 spiro atoms. The first-order chi connectivity index (χ1) is 14.5. The van der Waals surface area contributed by atoms with E-state index in [0.717, 1.165) is 5.69 Å². The van der Waals surface area contributed by atoms with Crippen LogP contribution in [0.4, 0.5) is 11.5 Å². The van der Waals surface area contributed by atoms with E-state index in [0.29, 0.717) is 35.5 Å². The standard InChI is InChI=1S/C22H26N4O4/c1-26(2)13-17(27)14-29-18-9-7-16(8-10-18)25-21-12-22(24-15-23-21)30-20-6-4-5-19(11-20)28-3/h4-12,15,17,27H,13-14H2,1-3H3,(H,23,24,25). The molecule has 1 unspecified atom stereocenters. The summed E-state index contributed by atoms with van der Waals surface area (Å²) in [6.45, 7) is 0.787. The van der Waals surface area contributed by atoms with Gasteiger partial charge in [0.15, 0.2) is 0 Å². The first-order valence-electron chi connectivity index (χ1n) is 9.48. The third kappa shape index (κ3) is 6.61. The summed E-state index contributed by atoms with van der Waals surface area (Å²) in [6, 6.07) is 16.4. The molecule has 0 saturated heterocycles. The van der Waals surface area contributed by atoms with Crippen molar-refractivity contribution in [3.63, 3.8) is 0 Å². The molecule has 8 nitrogen and oxygen atoms in total. The van der Waals surface area contributed by atoms with Crippen LogP contribution in [-0.4, -0.2) is 60.4 Å². The van der Waals surface area contributed by atoms with Gasteiger partial charge in [-0.05, 0) is 50.5 Å². The van der Waals surface area contributed by atoms with Crippen LogP contribution in [0.3, 0.4) is 0 Å². The van der Waals surface area contributed by atoms with Crippen molar-refractivity contribution in [2.24, 2.45) is 0 Å². The van der Waals surface area contributed by atoms with Crippen LogP contribution < -0.4 is 19.5 Å². The number of nitrogens with one attached hydrogen (secondary N) is 1. The molecular weight excluding hydrogens is 384 g/mol. The summed E-state index contributed by atoms with van der Waals surface area (Å²) >= 11 is 0. The molecule has 0 fully saturated rings. The lowest BCUT2D eigenvalue weighted by Crippen LogP contribution is -2.30. The number of hydrogen-bond acceptors (Lipinski definition) is 8. The first-order valence-corrected chi connectivity index (χ1v) is 9.48. The average Bonchev–Trinajstić information content (AvgIpc) is 2.73. The number of ether oxygens (including phenoxy) is 3. The Kier molecular flexibility index (Phi) is 7.42. The maximum absolute atomic E-state index is 9.88. The lowest BCUT2D eigenvalue weighted by molar-refractivity contribution is 0.0831. The van der Waals surface area contributed by atoms with Gasteiger partial charge >= 0.3 is 0 Å². The van der Waals surface area contributed by atoms with Gasteiger partial charge < -0.3 is 29.5 Å². The minimum absolute atomic E-state index is 0.238. The molecule has 0 radical (unpaired) electrons. The van der Waals surface area contributed by atoms with Crippen molar-refractivity contribution in [2.75, 3.05) is 39.7 Å². The lowest BCUT2D eigenvalue weighted by atomic mass is 10.3. The van der Waals surface area contributed by atoms with Gasteiger partial charge in [0.1, 0.15) is 42.1 Å². The van der Waals surface area contributed by atoms with Crippen LogP contribution >= 0.6 is 0 Å². The molecule has 30 heavy (non-hydrogen) atoms. The molecule has 2 N–H and O–H groups in total. The molecule has 3 rings (SSSR count). The quantitative estimate of drug-likeness (QED) is 0.526. The number of benzene rings is 2. The summed E-state index contributed by atoms with van der Waals surface area (Å²) < 4.78 is 16.6. The van der Waals surface area contributed by atoms with Crippen LogP contribution in [0, 0.1) is 0 Å². The minimum Gasteiger partial charge on any atom is -0.497 e. The van der Waals surface area contributed by atoms with Gasteiger partial charge in [0.05, 0.1) is 7.11 Å². The SMILES string of the molecule is COc1cccc(Oc2cc(Nc3ccc(OCC(O)CN(C)C)cc3)ncn2)c1. The zero-order valence-corrected chi connectivity index (χ0v) is 17.3. The summed E-state index contributed by atoms with van der Waals surface area (Å²) in [5, 5.41) is 13.1. The third-order valence-corrected chi connectivity index (χ3v) is 4.05. The molecule has 1 heterocycles. The second-order valence-corrected chi connectivity index (χ2v) is 6.90. The molecule has 158 valence electrons. The fourth-order valence-corrected chi connectivity index (χ4v) is 2.70. The maximum Gasteiger partial charge on any atom is 0.224 e. The second-order valence-electron chi connectivity index (χ2n) is 6.90. The summed E-state index contributed by atoms with van der Waals surface area (Å²) in [5.74, 6) is 3.02. The monoisotopic (exact) mass is 410 g/mol. The van der Waals surface area contributed by atoms with Crippen molar-refractivity contribution in [2.45, 2.75) is 6.10 Å². The lowest BCUT2D eigenvalue weighted by Gasteiger charge is -2.16. The number of likely N-dealkylation sites (N-methyl/N-ethyl adjacent to an activating group) is 1. The molecule has 1 atom stereocenters. The van der Waals surface area contributed by atoms with Crippen molar-refractivity contribution < 1.29 is 19.3 Å². The summed E-state index contributed by atoms with van der Waals surface area (Å²) in [6.07, 6.45) is 0.892. The zero-order chi connectivity index (χ0) is 21.3. The Morgan fingerprint density at radius 3 is 2.50 bits per heavy atom. The highest BCUT2D eigenvalue weighted by Crippen LogP contribution is 2.26. The normalized spacial score (nSPS) is 11.8. The molecule has 0 aliphatic rings. The predicted octanol–water partition coefficient (Wildman–Crippen LogP) is 3.32. The summed E-state index contributed by atoms with van der Waals surface area (Å²) in [7, 11) is 5.42. The topological polar surface area (TPSA) is 89.0 Å². The van der Waals surface area contributed by atoms with E-state index in [-0.39, 0.29) is 6.61 Å². The number of rotatable bonds is 10. The number of anilines is 2. The van der Waals surface area contributed by atoms with E-state index >= 15 is 0 Å². The van der Waals surface area contributed by atoms with Crippen molar-refractivity contribution in [1.82, 2.24) is 14.9 Å². The molecular formula is C22H26N4O4. The molecule has 0 aliphatic heterocycles. The molecule has 0 amide bonds.